The van der Waals surface area contributed by atoms with Crippen molar-refractivity contribution in [1.82, 2.24) is 0 Å². The van der Waals surface area contributed by atoms with Crippen LogP contribution in [0, 0.1) is 0 Å². The number of rotatable bonds is 5. The van der Waals surface area contributed by atoms with E-state index < -0.39 is 11.9 Å². The fourth-order valence-corrected chi connectivity index (χ4v) is 1.71. The summed E-state index contributed by atoms with van der Waals surface area (Å²) in [5, 5.41) is 8.82. The predicted molar refractivity (Wildman–Crippen MR) is 63.6 cm³/mol. The smallest absolute Gasteiger partial charge is 0.341 e. The first kappa shape index (κ1) is 13.8. The van der Waals surface area contributed by atoms with E-state index in [4.69, 9.17) is 33.0 Å². The maximum atomic E-state index is 11.6. The average molecular weight is 277 g/mol. The lowest BCUT2D eigenvalue weighted by Gasteiger charge is -2.06. The molecule has 0 saturated carbocycles. The van der Waals surface area contributed by atoms with Gasteiger partial charge in [-0.15, -0.1) is 0 Å². The molecule has 1 N–H and O–H groups in total. The summed E-state index contributed by atoms with van der Waals surface area (Å²) in [6.45, 7) is 0.0205. The lowest BCUT2D eigenvalue weighted by molar-refractivity contribution is -0.137. The molecule has 0 aliphatic carbocycles. The van der Waals surface area contributed by atoms with E-state index in [-0.39, 0.29) is 35.1 Å². The van der Waals surface area contributed by atoms with Gasteiger partial charge in [-0.1, -0.05) is 29.3 Å². The van der Waals surface area contributed by atoms with Crippen molar-refractivity contribution in [3.63, 3.8) is 0 Å². The van der Waals surface area contributed by atoms with E-state index >= 15 is 0 Å². The Balaban J connectivity index is 2.55. The maximum absolute atomic E-state index is 11.6. The summed E-state index contributed by atoms with van der Waals surface area (Å²) in [6.07, 6.45) is 0.201. The predicted octanol–water partition coefficient (Wildman–Crippen LogP) is 3.02. The number of hydrogen-bond acceptors (Lipinski definition) is 3. The molecule has 1 aromatic rings. The molecule has 17 heavy (non-hydrogen) atoms. The highest BCUT2D eigenvalue weighted by molar-refractivity contribution is 6.39. The fraction of sp³-hybridized carbons (Fsp3) is 0.273. The topological polar surface area (TPSA) is 63.6 Å². The number of hydrogen-bond donors (Lipinski definition) is 1. The standard InChI is InChI=1S/C11H10Cl2O4/c12-7-3-1-4-8(13)10(7)11(16)17-6-2-5-9(14)15/h1,3-4H,2,5-6H2,(H,14,15). The first-order valence-electron chi connectivity index (χ1n) is 4.85. The molecule has 0 radical (unpaired) electrons. The van der Waals surface area contributed by atoms with Gasteiger partial charge in [0.2, 0.25) is 0 Å². The summed E-state index contributed by atoms with van der Waals surface area (Å²) in [7, 11) is 0. The number of aliphatic carboxylic acids is 1. The van der Waals surface area contributed by atoms with E-state index in [9.17, 15) is 9.59 Å². The first-order chi connectivity index (χ1) is 8.02. The van der Waals surface area contributed by atoms with Crippen LogP contribution in [0.2, 0.25) is 10.0 Å². The molecule has 4 nitrogen and oxygen atoms in total. The van der Waals surface area contributed by atoms with Gasteiger partial charge in [0.15, 0.2) is 0 Å². The summed E-state index contributed by atoms with van der Waals surface area (Å²) in [4.78, 5) is 21.8. The number of carboxylic acids is 1. The van der Waals surface area contributed by atoms with Crippen LogP contribution in [-0.2, 0) is 9.53 Å². The summed E-state index contributed by atoms with van der Waals surface area (Å²) in [6, 6.07) is 4.68. The molecule has 0 bridgehead atoms. The summed E-state index contributed by atoms with van der Waals surface area (Å²) < 4.78 is 4.87. The lowest BCUT2D eigenvalue weighted by Crippen LogP contribution is -2.09. The number of carbonyl (C=O) groups excluding carboxylic acids is 1. The van der Waals surface area contributed by atoms with Gasteiger partial charge in [-0.2, -0.15) is 0 Å². The van der Waals surface area contributed by atoms with Crippen LogP contribution >= 0.6 is 23.2 Å². The van der Waals surface area contributed by atoms with Crippen molar-refractivity contribution >= 4 is 35.1 Å². The van der Waals surface area contributed by atoms with Gasteiger partial charge in [0.25, 0.3) is 0 Å². The van der Waals surface area contributed by atoms with E-state index in [1.807, 2.05) is 0 Å². The van der Waals surface area contributed by atoms with Crippen LogP contribution in [0.25, 0.3) is 0 Å². The highest BCUT2D eigenvalue weighted by atomic mass is 35.5. The molecule has 0 fully saturated rings. The fourth-order valence-electron chi connectivity index (χ4n) is 1.15. The summed E-state index contributed by atoms with van der Waals surface area (Å²) in [5.74, 6) is -1.58. The molecule has 0 aliphatic rings. The zero-order valence-electron chi connectivity index (χ0n) is 8.78. The Morgan fingerprint density at radius 3 is 2.35 bits per heavy atom. The van der Waals surface area contributed by atoms with E-state index in [2.05, 4.69) is 0 Å². The minimum atomic E-state index is -0.933. The molecule has 0 amide bonds. The Kier molecular flexibility index (Phi) is 5.25. The van der Waals surface area contributed by atoms with E-state index in [0.717, 1.165) is 0 Å². The van der Waals surface area contributed by atoms with Gasteiger partial charge >= 0.3 is 11.9 Å². The Hall–Kier alpha value is -1.26. The van der Waals surface area contributed by atoms with E-state index in [1.54, 1.807) is 6.07 Å². The van der Waals surface area contributed by atoms with Gasteiger partial charge in [0.05, 0.1) is 22.2 Å². The number of halogens is 2. The zero-order valence-corrected chi connectivity index (χ0v) is 10.3. The molecule has 1 rings (SSSR count). The molecule has 92 valence electrons. The van der Waals surface area contributed by atoms with Crippen LogP contribution in [0.15, 0.2) is 18.2 Å². The Morgan fingerprint density at radius 2 is 1.82 bits per heavy atom. The van der Waals surface area contributed by atoms with Crippen molar-refractivity contribution in [2.45, 2.75) is 12.8 Å². The van der Waals surface area contributed by atoms with Crippen molar-refractivity contribution < 1.29 is 19.4 Å². The van der Waals surface area contributed by atoms with Crippen molar-refractivity contribution in [1.29, 1.82) is 0 Å². The zero-order chi connectivity index (χ0) is 12.8. The number of esters is 1. The Bertz CT molecular complexity index is 411. The monoisotopic (exact) mass is 276 g/mol. The second-order valence-electron chi connectivity index (χ2n) is 3.23. The number of ether oxygens (including phenoxy) is 1. The van der Waals surface area contributed by atoms with Crippen LogP contribution in [0.1, 0.15) is 23.2 Å². The highest BCUT2D eigenvalue weighted by Gasteiger charge is 2.15. The van der Waals surface area contributed by atoms with Gasteiger partial charge in [0.1, 0.15) is 0 Å². The van der Waals surface area contributed by atoms with Crippen molar-refractivity contribution in [2.24, 2.45) is 0 Å². The normalized spacial score (nSPS) is 10.0. The van der Waals surface area contributed by atoms with Crippen LogP contribution in [-0.4, -0.2) is 23.7 Å². The maximum Gasteiger partial charge on any atom is 0.341 e. The summed E-state index contributed by atoms with van der Waals surface area (Å²) in [5.41, 5.74) is 0.103. The van der Waals surface area contributed by atoms with E-state index in [1.165, 1.54) is 12.1 Å². The Labute approximate surface area is 108 Å². The van der Waals surface area contributed by atoms with Crippen molar-refractivity contribution in [3.8, 4) is 0 Å². The van der Waals surface area contributed by atoms with Gasteiger partial charge in [-0.05, 0) is 18.6 Å². The third-order valence-corrected chi connectivity index (χ3v) is 2.56. The second kappa shape index (κ2) is 6.47. The molecule has 0 aliphatic heterocycles. The molecule has 6 heteroatoms. The minimum absolute atomic E-state index is 0.0205. The molecule has 0 spiro atoms. The molecule has 0 heterocycles. The van der Waals surface area contributed by atoms with Crippen molar-refractivity contribution in [2.75, 3.05) is 6.61 Å². The number of carbonyl (C=O) groups is 2. The molecule has 0 atom stereocenters. The van der Waals surface area contributed by atoms with Gasteiger partial charge < -0.3 is 9.84 Å². The van der Waals surface area contributed by atoms with Crippen LogP contribution in [0.4, 0.5) is 0 Å². The van der Waals surface area contributed by atoms with E-state index in [0.29, 0.717) is 0 Å². The molecule has 0 saturated heterocycles. The molecule has 1 aromatic carbocycles. The average Bonchev–Trinajstić information content (AvgIpc) is 2.24. The van der Waals surface area contributed by atoms with Crippen LogP contribution in [0.5, 0.6) is 0 Å². The van der Waals surface area contributed by atoms with Crippen LogP contribution in [0.3, 0.4) is 0 Å². The number of benzene rings is 1. The SMILES string of the molecule is O=C(O)CCCOC(=O)c1c(Cl)cccc1Cl. The summed E-state index contributed by atoms with van der Waals surface area (Å²) >= 11 is 11.6. The minimum Gasteiger partial charge on any atom is -0.481 e. The highest BCUT2D eigenvalue weighted by Crippen LogP contribution is 2.24. The molecule has 0 aromatic heterocycles. The van der Waals surface area contributed by atoms with Gasteiger partial charge in [-0.25, -0.2) is 4.79 Å². The second-order valence-corrected chi connectivity index (χ2v) is 4.04. The van der Waals surface area contributed by atoms with Crippen LogP contribution < -0.4 is 0 Å². The van der Waals surface area contributed by atoms with Gasteiger partial charge in [0, 0.05) is 6.42 Å². The van der Waals surface area contributed by atoms with Crippen molar-refractivity contribution in [3.05, 3.63) is 33.8 Å². The third-order valence-electron chi connectivity index (χ3n) is 1.94. The largest absolute Gasteiger partial charge is 0.481 e. The first-order valence-corrected chi connectivity index (χ1v) is 5.61. The Morgan fingerprint density at radius 1 is 1.24 bits per heavy atom. The third kappa shape index (κ3) is 4.24. The lowest BCUT2D eigenvalue weighted by atomic mass is 10.2. The quantitative estimate of drug-likeness (QED) is 0.663. The van der Waals surface area contributed by atoms with Gasteiger partial charge in [-0.3, -0.25) is 4.79 Å². The number of carboxylic acid groups (broad SMARTS) is 1. The molecule has 0 unspecified atom stereocenters. The molecular formula is C11H10Cl2O4. The molecular weight excluding hydrogens is 267 g/mol.